The average Bonchev–Trinajstić information content (AvgIpc) is 3.65. The van der Waals surface area contributed by atoms with Crippen LogP contribution in [0.3, 0.4) is 0 Å². The van der Waals surface area contributed by atoms with Crippen molar-refractivity contribution in [3.8, 4) is 23.0 Å². The summed E-state index contributed by atoms with van der Waals surface area (Å²) in [5, 5.41) is 0. The Morgan fingerprint density at radius 1 is 1.03 bits per heavy atom. The number of likely N-dealkylation sites (tertiary alicyclic amines) is 1. The van der Waals surface area contributed by atoms with E-state index in [0.717, 1.165) is 48.6 Å². The molecule has 2 aromatic carbocycles. The minimum Gasteiger partial charge on any atom is -0.493 e. The second kappa shape index (κ2) is 10.3. The van der Waals surface area contributed by atoms with E-state index in [9.17, 15) is 4.79 Å². The van der Waals surface area contributed by atoms with Gasteiger partial charge < -0.3 is 28.3 Å². The predicted octanol–water partition coefficient (Wildman–Crippen LogP) is 3.86. The van der Waals surface area contributed by atoms with E-state index in [1.807, 2.05) is 41.3 Å². The highest BCUT2D eigenvalue weighted by atomic mass is 16.7. The molecule has 1 amide bonds. The first-order chi connectivity index (χ1) is 17.1. The van der Waals surface area contributed by atoms with Gasteiger partial charge in [-0.1, -0.05) is 18.2 Å². The number of ether oxygens (including phenoxy) is 4. The second-order valence-corrected chi connectivity index (χ2v) is 8.61. The summed E-state index contributed by atoms with van der Waals surface area (Å²) in [7, 11) is 3.26. The Morgan fingerprint density at radius 3 is 2.66 bits per heavy atom. The number of carbonyl (C=O) groups is 1. The molecule has 1 saturated heterocycles. The summed E-state index contributed by atoms with van der Waals surface area (Å²) in [4.78, 5) is 21.2. The van der Waals surface area contributed by atoms with Crippen molar-refractivity contribution < 1.29 is 28.2 Å². The fourth-order valence-electron chi connectivity index (χ4n) is 4.54. The zero-order valence-electron chi connectivity index (χ0n) is 20.0. The van der Waals surface area contributed by atoms with Crippen LogP contribution in [-0.2, 0) is 19.6 Å². The molecule has 2 aliphatic heterocycles. The van der Waals surface area contributed by atoms with Gasteiger partial charge in [0.2, 0.25) is 12.7 Å². The summed E-state index contributed by atoms with van der Waals surface area (Å²) >= 11 is 0. The van der Waals surface area contributed by atoms with Crippen molar-refractivity contribution in [1.82, 2.24) is 14.8 Å². The third-order valence-electron chi connectivity index (χ3n) is 6.24. The average molecular weight is 480 g/mol. The van der Waals surface area contributed by atoms with Crippen molar-refractivity contribution in [3.05, 3.63) is 65.4 Å². The summed E-state index contributed by atoms with van der Waals surface area (Å²) < 4.78 is 27.8. The maximum absolute atomic E-state index is 12.7. The lowest BCUT2D eigenvalue weighted by Crippen LogP contribution is -2.28. The molecule has 5 rings (SSSR count). The number of oxazole rings is 1. The van der Waals surface area contributed by atoms with Gasteiger partial charge in [0.1, 0.15) is 6.26 Å². The van der Waals surface area contributed by atoms with E-state index >= 15 is 0 Å². The normalized spacial score (nSPS) is 14.5. The molecule has 0 N–H and O–H groups in total. The number of hydrogen-bond donors (Lipinski definition) is 0. The van der Waals surface area contributed by atoms with Gasteiger partial charge in [-0.15, -0.1) is 0 Å². The first-order valence-corrected chi connectivity index (χ1v) is 11.7. The Kier molecular flexibility index (Phi) is 6.76. The molecule has 9 heteroatoms. The van der Waals surface area contributed by atoms with Gasteiger partial charge in [0.25, 0.3) is 5.91 Å². The van der Waals surface area contributed by atoms with Gasteiger partial charge in [-0.3, -0.25) is 9.69 Å². The quantitative estimate of drug-likeness (QED) is 0.457. The summed E-state index contributed by atoms with van der Waals surface area (Å²) in [6.45, 7) is 3.32. The highest BCUT2D eigenvalue weighted by Gasteiger charge is 2.24. The summed E-state index contributed by atoms with van der Waals surface area (Å²) in [5.74, 6) is 3.23. The number of benzene rings is 2. The molecule has 2 aliphatic rings. The fourth-order valence-corrected chi connectivity index (χ4v) is 4.54. The van der Waals surface area contributed by atoms with E-state index in [2.05, 4.69) is 9.88 Å². The lowest BCUT2D eigenvalue weighted by Gasteiger charge is -2.23. The first kappa shape index (κ1) is 23.0. The Balaban J connectivity index is 1.38. The van der Waals surface area contributed by atoms with Crippen LogP contribution in [0, 0.1) is 0 Å². The van der Waals surface area contributed by atoms with Crippen molar-refractivity contribution >= 4 is 5.91 Å². The largest absolute Gasteiger partial charge is 0.493 e. The van der Waals surface area contributed by atoms with Crippen molar-refractivity contribution in [2.75, 3.05) is 34.1 Å². The molecule has 3 heterocycles. The van der Waals surface area contributed by atoms with Gasteiger partial charge in [0, 0.05) is 31.7 Å². The highest BCUT2D eigenvalue weighted by Crippen LogP contribution is 2.34. The van der Waals surface area contributed by atoms with Crippen molar-refractivity contribution in [2.45, 2.75) is 32.5 Å². The second-order valence-electron chi connectivity index (χ2n) is 8.61. The third kappa shape index (κ3) is 5.05. The van der Waals surface area contributed by atoms with Gasteiger partial charge in [-0.25, -0.2) is 4.98 Å². The third-order valence-corrected chi connectivity index (χ3v) is 6.24. The number of hydrogen-bond acceptors (Lipinski definition) is 8. The molecule has 0 atom stereocenters. The molecule has 184 valence electrons. The van der Waals surface area contributed by atoms with Crippen molar-refractivity contribution in [3.63, 3.8) is 0 Å². The molecule has 0 unspecified atom stereocenters. The Labute approximate surface area is 204 Å². The van der Waals surface area contributed by atoms with E-state index < -0.39 is 0 Å². The number of rotatable bonds is 9. The number of para-hydroxylation sites is 1. The highest BCUT2D eigenvalue weighted by molar-refractivity contribution is 5.92. The summed E-state index contributed by atoms with van der Waals surface area (Å²) in [5.41, 5.74) is 2.37. The number of aromatic nitrogens is 1. The molecular weight excluding hydrogens is 450 g/mol. The van der Waals surface area contributed by atoms with Crippen LogP contribution in [0.1, 0.15) is 40.3 Å². The van der Waals surface area contributed by atoms with E-state index in [-0.39, 0.29) is 12.7 Å². The van der Waals surface area contributed by atoms with Gasteiger partial charge >= 0.3 is 0 Å². The predicted molar refractivity (Wildman–Crippen MR) is 127 cm³/mol. The van der Waals surface area contributed by atoms with E-state index in [0.29, 0.717) is 42.7 Å². The van der Waals surface area contributed by atoms with E-state index in [4.69, 9.17) is 23.4 Å². The minimum atomic E-state index is -0.0747. The number of amides is 1. The zero-order chi connectivity index (χ0) is 24.2. The Morgan fingerprint density at radius 2 is 1.86 bits per heavy atom. The number of nitrogens with zero attached hydrogens (tertiary/aromatic N) is 3. The molecule has 9 nitrogen and oxygen atoms in total. The number of carbonyl (C=O) groups excluding carboxylic acids is 1. The van der Waals surface area contributed by atoms with Gasteiger partial charge in [0.05, 0.1) is 20.8 Å². The zero-order valence-corrected chi connectivity index (χ0v) is 20.0. The molecule has 0 aliphatic carbocycles. The van der Waals surface area contributed by atoms with Crippen LogP contribution in [0.5, 0.6) is 23.0 Å². The molecule has 0 bridgehead atoms. The lowest BCUT2D eigenvalue weighted by atomic mass is 10.1. The Hall–Kier alpha value is -3.72. The molecule has 1 fully saturated rings. The lowest BCUT2D eigenvalue weighted by molar-refractivity contribution is 0.0787. The van der Waals surface area contributed by atoms with Crippen LogP contribution in [-0.4, -0.2) is 54.8 Å². The van der Waals surface area contributed by atoms with Crippen LogP contribution >= 0.6 is 0 Å². The van der Waals surface area contributed by atoms with Crippen LogP contribution < -0.4 is 18.9 Å². The van der Waals surface area contributed by atoms with Gasteiger partial charge in [0.15, 0.2) is 28.7 Å². The number of methoxy groups -OCH3 is 2. The van der Waals surface area contributed by atoms with Crippen LogP contribution in [0.25, 0.3) is 0 Å². The van der Waals surface area contributed by atoms with E-state index in [1.54, 1.807) is 14.2 Å². The molecule has 0 saturated carbocycles. The molecule has 1 aromatic heterocycles. The fraction of sp³-hybridized carbons (Fsp3) is 0.385. The summed E-state index contributed by atoms with van der Waals surface area (Å²) in [6, 6.07) is 11.7. The van der Waals surface area contributed by atoms with Gasteiger partial charge in [-0.05, 0) is 36.6 Å². The maximum atomic E-state index is 12.7. The maximum Gasteiger partial charge on any atom is 0.275 e. The van der Waals surface area contributed by atoms with Crippen molar-refractivity contribution in [1.29, 1.82) is 0 Å². The van der Waals surface area contributed by atoms with Crippen LogP contribution in [0.15, 0.2) is 47.1 Å². The Bertz CT molecular complexity index is 1190. The van der Waals surface area contributed by atoms with Crippen LogP contribution in [0.4, 0.5) is 0 Å². The number of fused-ring (bicyclic) bond motifs is 1. The van der Waals surface area contributed by atoms with E-state index in [1.165, 1.54) is 6.26 Å². The summed E-state index contributed by atoms with van der Waals surface area (Å²) in [6.07, 6.45) is 3.52. The standard InChI is InChI=1S/C26H29N3O6/c1-31-22-7-5-6-19(25(22)32-2)14-28(13-18-8-9-21-23(12-18)35-17-34-21)15-24-27-20(16-33-24)26(30)29-10-3-4-11-29/h5-9,12,16H,3-4,10-11,13-15,17H2,1-2H3. The smallest absolute Gasteiger partial charge is 0.275 e. The SMILES string of the molecule is COc1cccc(CN(Cc2ccc3c(c2)OCO3)Cc2nc(C(=O)N3CCCC3)co2)c1OC. The van der Waals surface area contributed by atoms with Crippen LogP contribution in [0.2, 0.25) is 0 Å². The monoisotopic (exact) mass is 479 g/mol. The molecule has 0 spiro atoms. The first-order valence-electron chi connectivity index (χ1n) is 11.7. The van der Waals surface area contributed by atoms with Gasteiger partial charge in [-0.2, -0.15) is 0 Å². The molecular formula is C26H29N3O6. The molecule has 0 radical (unpaired) electrons. The van der Waals surface area contributed by atoms with Crippen molar-refractivity contribution in [2.24, 2.45) is 0 Å². The topological polar surface area (TPSA) is 86.5 Å². The molecule has 3 aromatic rings. The molecule has 35 heavy (non-hydrogen) atoms. The minimum absolute atomic E-state index is 0.0747.